The number of esters is 1. The van der Waals surface area contributed by atoms with Crippen molar-refractivity contribution >= 4 is 34.2 Å². The van der Waals surface area contributed by atoms with E-state index in [1.807, 2.05) is 0 Å². The molecule has 3 rings (SSSR count). The molecule has 0 unspecified atom stereocenters. The predicted octanol–water partition coefficient (Wildman–Crippen LogP) is 3.03. The van der Waals surface area contributed by atoms with Gasteiger partial charge in [0, 0.05) is 29.7 Å². The van der Waals surface area contributed by atoms with E-state index in [1.165, 1.54) is 30.3 Å². The number of nitrogens with one attached hydrogen (secondary N) is 1. The maximum Gasteiger partial charge on any atom is 0.349 e. The van der Waals surface area contributed by atoms with Crippen molar-refractivity contribution in [2.75, 3.05) is 6.61 Å². The van der Waals surface area contributed by atoms with Gasteiger partial charge in [0.2, 0.25) is 0 Å². The van der Waals surface area contributed by atoms with Crippen LogP contribution in [-0.4, -0.2) is 28.3 Å². The molecule has 1 heterocycles. The highest BCUT2D eigenvalue weighted by atomic mass is 16.6. The van der Waals surface area contributed by atoms with Crippen LogP contribution < -0.4 is 10.9 Å². The summed E-state index contributed by atoms with van der Waals surface area (Å²) >= 11 is 0. The highest BCUT2D eigenvalue weighted by Crippen LogP contribution is 2.24. The second-order valence-electron chi connectivity index (χ2n) is 6.81. The van der Waals surface area contributed by atoms with E-state index < -0.39 is 39.0 Å². The van der Waals surface area contributed by atoms with Crippen molar-refractivity contribution in [1.82, 2.24) is 5.32 Å². The molecule has 0 radical (unpaired) electrons. The number of nitro groups is 2. The van der Waals surface area contributed by atoms with Gasteiger partial charge >= 0.3 is 11.6 Å². The summed E-state index contributed by atoms with van der Waals surface area (Å²) in [6.07, 6.45) is -0.356. The van der Waals surface area contributed by atoms with Crippen molar-refractivity contribution in [2.45, 2.75) is 19.4 Å². The van der Waals surface area contributed by atoms with E-state index in [1.54, 1.807) is 6.92 Å². The van der Waals surface area contributed by atoms with Gasteiger partial charge in [-0.2, -0.15) is 0 Å². The average Bonchev–Trinajstić information content (AvgIpc) is 2.77. The van der Waals surface area contributed by atoms with E-state index in [9.17, 15) is 34.6 Å². The van der Waals surface area contributed by atoms with Gasteiger partial charge in [-0.05, 0) is 24.6 Å². The van der Waals surface area contributed by atoms with Crippen molar-refractivity contribution < 1.29 is 28.6 Å². The van der Waals surface area contributed by atoms with Crippen molar-refractivity contribution in [3.05, 3.63) is 90.3 Å². The Labute approximate surface area is 185 Å². The number of amides is 1. The first kappa shape index (κ1) is 23.1. The molecule has 1 atom stereocenters. The molecule has 0 saturated carbocycles. The van der Waals surface area contributed by atoms with Crippen LogP contribution in [0.2, 0.25) is 0 Å². The number of hydrogen-bond donors (Lipinski definition) is 1. The number of rotatable bonds is 8. The Morgan fingerprint density at radius 2 is 1.76 bits per heavy atom. The summed E-state index contributed by atoms with van der Waals surface area (Å²) in [6.45, 7) is 1.68. The summed E-state index contributed by atoms with van der Waals surface area (Å²) in [5.74, 6) is -1.60. The molecule has 3 aromatic rings. The molecule has 0 bridgehead atoms. The predicted molar refractivity (Wildman–Crippen MR) is 114 cm³/mol. The number of carbonyl (C=O) groups excluding carboxylic acids is 2. The van der Waals surface area contributed by atoms with Crippen LogP contribution in [0.15, 0.2) is 57.7 Å². The molecule has 1 aromatic heterocycles. The molecule has 0 aliphatic heterocycles. The van der Waals surface area contributed by atoms with Crippen LogP contribution in [0.25, 0.3) is 11.0 Å². The van der Waals surface area contributed by atoms with Gasteiger partial charge in [-0.3, -0.25) is 29.8 Å². The monoisotopic (exact) mass is 455 g/mol. The summed E-state index contributed by atoms with van der Waals surface area (Å²) in [7, 11) is 0. The van der Waals surface area contributed by atoms with Gasteiger partial charge in [-0.25, -0.2) is 4.79 Å². The van der Waals surface area contributed by atoms with Gasteiger partial charge in [0.25, 0.3) is 17.3 Å². The minimum Gasteiger partial charge on any atom is -0.466 e. The first-order chi connectivity index (χ1) is 15.7. The lowest BCUT2D eigenvalue weighted by atomic mass is 10.0. The minimum absolute atomic E-state index is 0.0453. The summed E-state index contributed by atoms with van der Waals surface area (Å²) in [5.41, 5.74) is -1.69. The summed E-state index contributed by atoms with van der Waals surface area (Å²) in [4.78, 5) is 58.1. The summed E-state index contributed by atoms with van der Waals surface area (Å²) in [6, 6.07) is 8.92. The Morgan fingerprint density at radius 3 is 2.42 bits per heavy atom. The maximum absolute atomic E-state index is 12.9. The third-order valence-electron chi connectivity index (χ3n) is 4.64. The van der Waals surface area contributed by atoms with Crippen LogP contribution in [0.4, 0.5) is 11.4 Å². The quantitative estimate of drug-likeness (QED) is 0.232. The van der Waals surface area contributed by atoms with Crippen LogP contribution in [0.3, 0.4) is 0 Å². The lowest BCUT2D eigenvalue weighted by Crippen LogP contribution is -2.33. The Morgan fingerprint density at radius 1 is 1.06 bits per heavy atom. The first-order valence-electron chi connectivity index (χ1n) is 9.62. The topological polar surface area (TPSA) is 172 Å². The summed E-state index contributed by atoms with van der Waals surface area (Å²) in [5, 5.41) is 24.8. The number of nitrogens with zero attached hydrogens (tertiary/aromatic N) is 2. The molecule has 1 N–H and O–H groups in total. The van der Waals surface area contributed by atoms with E-state index in [0.29, 0.717) is 0 Å². The van der Waals surface area contributed by atoms with Gasteiger partial charge in [-0.15, -0.1) is 0 Å². The van der Waals surface area contributed by atoms with Gasteiger partial charge in [0.15, 0.2) is 0 Å². The number of benzene rings is 2. The van der Waals surface area contributed by atoms with E-state index in [2.05, 4.69) is 5.32 Å². The number of non-ortho nitro benzene ring substituents is 2. The van der Waals surface area contributed by atoms with Crippen LogP contribution in [0, 0.1) is 20.2 Å². The highest BCUT2D eigenvalue weighted by Gasteiger charge is 2.24. The molecule has 2 aromatic carbocycles. The zero-order valence-corrected chi connectivity index (χ0v) is 17.2. The molecule has 12 nitrogen and oxygen atoms in total. The van der Waals surface area contributed by atoms with Gasteiger partial charge in [0.05, 0.1) is 28.9 Å². The largest absolute Gasteiger partial charge is 0.466 e. The average molecular weight is 455 g/mol. The Kier molecular flexibility index (Phi) is 6.77. The molecule has 0 aliphatic carbocycles. The number of ether oxygens (including phenoxy) is 1. The number of hydrogen-bond acceptors (Lipinski definition) is 9. The molecule has 0 saturated heterocycles. The second kappa shape index (κ2) is 9.68. The second-order valence-corrected chi connectivity index (χ2v) is 6.81. The first-order valence-corrected chi connectivity index (χ1v) is 9.62. The molecule has 33 heavy (non-hydrogen) atoms. The molecular weight excluding hydrogens is 438 g/mol. The maximum atomic E-state index is 12.9. The Balaban J connectivity index is 1.98. The smallest absolute Gasteiger partial charge is 0.349 e. The molecule has 170 valence electrons. The van der Waals surface area contributed by atoms with E-state index in [-0.39, 0.29) is 40.9 Å². The fraction of sp³-hybridized carbons (Fsp3) is 0.190. The van der Waals surface area contributed by atoms with Crippen LogP contribution in [0.5, 0.6) is 0 Å². The van der Waals surface area contributed by atoms with Gasteiger partial charge in [-0.1, -0.05) is 12.1 Å². The summed E-state index contributed by atoms with van der Waals surface area (Å²) < 4.78 is 9.99. The number of carbonyl (C=O) groups is 2. The van der Waals surface area contributed by atoms with Gasteiger partial charge < -0.3 is 14.5 Å². The van der Waals surface area contributed by atoms with Crippen molar-refractivity contribution in [3.63, 3.8) is 0 Å². The molecule has 1 amide bonds. The molecule has 0 spiro atoms. The lowest BCUT2D eigenvalue weighted by molar-refractivity contribution is -0.385. The molecule has 0 fully saturated rings. The van der Waals surface area contributed by atoms with E-state index in [4.69, 9.17) is 9.15 Å². The Hall–Kier alpha value is -4.61. The third kappa shape index (κ3) is 5.36. The van der Waals surface area contributed by atoms with Crippen LogP contribution >= 0.6 is 0 Å². The molecule has 0 aliphatic rings. The fourth-order valence-corrected chi connectivity index (χ4v) is 3.11. The van der Waals surface area contributed by atoms with E-state index in [0.717, 1.165) is 18.2 Å². The fourth-order valence-electron chi connectivity index (χ4n) is 3.11. The standard InChI is InChI=1S/C21H17N3O9/c1-2-32-19(25)11-17(12-4-3-5-14(8-12)23(28)29)22-20(26)16-10-13-9-15(24(30)31)6-7-18(13)33-21(16)27/h3-10,17H,2,11H2,1H3,(H,22,26)/t17-/m1/s1. The Bertz CT molecular complexity index is 1320. The third-order valence-corrected chi connectivity index (χ3v) is 4.64. The van der Waals surface area contributed by atoms with Crippen LogP contribution in [0.1, 0.15) is 35.3 Å². The van der Waals surface area contributed by atoms with E-state index >= 15 is 0 Å². The number of nitro benzene ring substituents is 2. The lowest BCUT2D eigenvalue weighted by Gasteiger charge is -2.18. The van der Waals surface area contributed by atoms with Crippen molar-refractivity contribution in [1.29, 1.82) is 0 Å². The normalized spacial score (nSPS) is 11.5. The highest BCUT2D eigenvalue weighted by molar-refractivity contribution is 5.97. The molecule has 12 heteroatoms. The van der Waals surface area contributed by atoms with Crippen molar-refractivity contribution in [3.8, 4) is 0 Å². The minimum atomic E-state index is -1.06. The molecular formula is C21H17N3O9. The number of fused-ring (bicyclic) bond motifs is 1. The zero-order chi connectivity index (χ0) is 24.1. The zero-order valence-electron chi connectivity index (χ0n) is 17.2. The van der Waals surface area contributed by atoms with Gasteiger partial charge in [0.1, 0.15) is 11.1 Å². The van der Waals surface area contributed by atoms with Crippen molar-refractivity contribution in [2.24, 2.45) is 0 Å². The van der Waals surface area contributed by atoms with Crippen LogP contribution in [-0.2, 0) is 9.53 Å². The SMILES string of the molecule is CCOC(=O)C[C@@H](NC(=O)c1cc2cc([N+](=O)[O-])ccc2oc1=O)c1cccc([N+](=O)[O-])c1.